The fourth-order valence-electron chi connectivity index (χ4n) is 0.467. The predicted molar refractivity (Wildman–Crippen MR) is 48.1 cm³/mol. The van der Waals surface area contributed by atoms with E-state index in [0.717, 1.165) is 5.71 Å². The minimum absolute atomic E-state index is 0.193. The van der Waals surface area contributed by atoms with Crippen molar-refractivity contribution in [1.29, 1.82) is 0 Å². The number of carbonyl (C=O) groups excluding carboxylic acids is 1. The highest BCUT2D eigenvalue weighted by atomic mass is 16.1. The van der Waals surface area contributed by atoms with Gasteiger partial charge in [0.2, 0.25) is 0 Å². The molecule has 0 aromatic heterocycles. The van der Waals surface area contributed by atoms with Crippen LogP contribution < -0.4 is 0 Å². The lowest BCUT2D eigenvalue weighted by Crippen LogP contribution is -2.22. The molecule has 11 heavy (non-hydrogen) atoms. The minimum atomic E-state index is -0.251. The quantitative estimate of drug-likeness (QED) is 0.561. The van der Waals surface area contributed by atoms with Gasteiger partial charge in [0.25, 0.3) is 0 Å². The predicted octanol–water partition coefficient (Wildman–Crippen LogP) is 2.08. The van der Waals surface area contributed by atoms with Gasteiger partial charge in [-0.1, -0.05) is 20.8 Å². The van der Waals surface area contributed by atoms with Crippen molar-refractivity contribution in [3.63, 3.8) is 0 Å². The fraction of sp³-hybridized carbons (Fsp3) is 0.778. The molecular formula is C9H17NO. The third-order valence-electron chi connectivity index (χ3n) is 1.38. The number of hydrogen-bond acceptors (Lipinski definition) is 2. The maximum Gasteiger partial charge on any atom is 0.159 e. The number of carbonyl (C=O) groups is 1. The molecule has 0 saturated heterocycles. The lowest BCUT2D eigenvalue weighted by atomic mass is 9.91. The zero-order chi connectivity index (χ0) is 9.07. The summed E-state index contributed by atoms with van der Waals surface area (Å²) in [5.74, 6) is 0.193. The third-order valence-corrected chi connectivity index (χ3v) is 1.38. The fourth-order valence-corrected chi connectivity index (χ4v) is 0.467. The smallest absolute Gasteiger partial charge is 0.159 e. The van der Waals surface area contributed by atoms with E-state index in [1.165, 1.54) is 0 Å². The van der Waals surface area contributed by atoms with Crippen molar-refractivity contribution in [2.75, 3.05) is 6.54 Å². The molecule has 2 nitrogen and oxygen atoms in total. The van der Waals surface area contributed by atoms with Crippen LogP contribution in [0.25, 0.3) is 0 Å². The lowest BCUT2D eigenvalue weighted by molar-refractivity contribution is -0.124. The number of rotatable bonds is 2. The van der Waals surface area contributed by atoms with Crippen molar-refractivity contribution in [1.82, 2.24) is 0 Å². The monoisotopic (exact) mass is 155 g/mol. The zero-order valence-electron chi connectivity index (χ0n) is 8.06. The van der Waals surface area contributed by atoms with Gasteiger partial charge >= 0.3 is 0 Å². The second-order valence-corrected chi connectivity index (χ2v) is 3.94. The van der Waals surface area contributed by atoms with Crippen molar-refractivity contribution < 1.29 is 4.79 Å². The van der Waals surface area contributed by atoms with Crippen LogP contribution >= 0.6 is 0 Å². The van der Waals surface area contributed by atoms with E-state index in [1.54, 1.807) is 0 Å². The van der Waals surface area contributed by atoms with Crippen LogP contribution in [0.5, 0.6) is 0 Å². The summed E-state index contributed by atoms with van der Waals surface area (Å²) in [7, 11) is 0. The molecule has 0 spiro atoms. The molecule has 64 valence electrons. The summed E-state index contributed by atoms with van der Waals surface area (Å²) in [4.78, 5) is 15.3. The van der Waals surface area contributed by atoms with Crippen LogP contribution in [0, 0.1) is 5.41 Å². The SMILES string of the molecule is CC(C)=NCC(=O)C(C)(C)C. The standard InChI is InChI=1S/C9H17NO/c1-7(2)10-6-8(11)9(3,4)5/h6H2,1-5H3. The third kappa shape index (κ3) is 4.71. The molecule has 2 heteroatoms. The average Bonchev–Trinajstić information content (AvgIpc) is 1.80. The average molecular weight is 155 g/mol. The Morgan fingerprint density at radius 1 is 1.27 bits per heavy atom. The summed E-state index contributed by atoms with van der Waals surface area (Å²) in [6.07, 6.45) is 0. The van der Waals surface area contributed by atoms with E-state index in [2.05, 4.69) is 4.99 Å². The summed E-state index contributed by atoms with van der Waals surface area (Å²) >= 11 is 0. The van der Waals surface area contributed by atoms with Gasteiger partial charge < -0.3 is 0 Å². The highest BCUT2D eigenvalue weighted by molar-refractivity contribution is 5.88. The Bertz CT molecular complexity index is 170. The van der Waals surface area contributed by atoms with E-state index < -0.39 is 0 Å². The molecule has 0 aliphatic heterocycles. The van der Waals surface area contributed by atoms with Crippen molar-refractivity contribution in [2.45, 2.75) is 34.6 Å². The molecule has 0 aliphatic rings. The topological polar surface area (TPSA) is 29.4 Å². The number of ketones is 1. The van der Waals surface area contributed by atoms with Gasteiger partial charge in [-0.15, -0.1) is 0 Å². The molecule has 0 bridgehead atoms. The first-order chi connectivity index (χ1) is 4.84. The molecule has 0 unspecified atom stereocenters. The maximum atomic E-state index is 11.3. The first kappa shape index (κ1) is 10.3. The van der Waals surface area contributed by atoms with Crippen molar-refractivity contribution in [2.24, 2.45) is 10.4 Å². The normalized spacial score (nSPS) is 11.0. The Morgan fingerprint density at radius 2 is 1.73 bits per heavy atom. The van der Waals surface area contributed by atoms with Crippen molar-refractivity contribution >= 4 is 11.5 Å². The van der Waals surface area contributed by atoms with Crippen LogP contribution in [-0.2, 0) is 4.79 Å². The number of nitrogens with zero attached hydrogens (tertiary/aromatic N) is 1. The van der Waals surface area contributed by atoms with Crippen molar-refractivity contribution in [3.8, 4) is 0 Å². The molecular weight excluding hydrogens is 138 g/mol. The minimum Gasteiger partial charge on any atom is -0.297 e. The summed E-state index contributed by atoms with van der Waals surface area (Å²) in [6, 6.07) is 0. The van der Waals surface area contributed by atoms with Crippen LogP contribution in [-0.4, -0.2) is 18.0 Å². The maximum absolute atomic E-state index is 11.3. The lowest BCUT2D eigenvalue weighted by Gasteiger charge is -2.14. The molecule has 0 aromatic carbocycles. The van der Waals surface area contributed by atoms with Gasteiger partial charge in [0.05, 0.1) is 6.54 Å². The van der Waals surface area contributed by atoms with Gasteiger partial charge in [0, 0.05) is 11.1 Å². The second kappa shape index (κ2) is 3.65. The van der Waals surface area contributed by atoms with E-state index in [9.17, 15) is 4.79 Å². The molecule has 0 aliphatic carbocycles. The molecule has 0 rings (SSSR count). The van der Waals surface area contributed by atoms with E-state index in [1.807, 2.05) is 34.6 Å². The van der Waals surface area contributed by atoms with Crippen LogP contribution in [0.15, 0.2) is 4.99 Å². The van der Waals surface area contributed by atoms with Crippen LogP contribution in [0.1, 0.15) is 34.6 Å². The highest BCUT2D eigenvalue weighted by Gasteiger charge is 2.19. The van der Waals surface area contributed by atoms with Gasteiger partial charge in [-0.2, -0.15) is 0 Å². The highest BCUT2D eigenvalue weighted by Crippen LogP contribution is 2.14. The first-order valence-electron chi connectivity index (χ1n) is 3.85. The summed E-state index contributed by atoms with van der Waals surface area (Å²) in [5.41, 5.74) is 0.710. The molecule has 0 N–H and O–H groups in total. The molecule has 0 radical (unpaired) electrons. The Balaban J connectivity index is 4.01. The van der Waals surface area contributed by atoms with Crippen LogP contribution in [0.4, 0.5) is 0 Å². The molecule has 0 heterocycles. The van der Waals surface area contributed by atoms with E-state index in [4.69, 9.17) is 0 Å². The number of hydrogen-bond donors (Lipinski definition) is 0. The van der Waals surface area contributed by atoms with Crippen LogP contribution in [0.3, 0.4) is 0 Å². The molecule has 0 aromatic rings. The first-order valence-corrected chi connectivity index (χ1v) is 3.85. The van der Waals surface area contributed by atoms with E-state index in [-0.39, 0.29) is 11.2 Å². The molecule has 0 atom stereocenters. The van der Waals surface area contributed by atoms with Crippen molar-refractivity contribution in [3.05, 3.63) is 0 Å². The second-order valence-electron chi connectivity index (χ2n) is 3.94. The Hall–Kier alpha value is -0.660. The van der Waals surface area contributed by atoms with Gasteiger partial charge in [-0.05, 0) is 13.8 Å². The van der Waals surface area contributed by atoms with E-state index in [0.29, 0.717) is 6.54 Å². The van der Waals surface area contributed by atoms with E-state index >= 15 is 0 Å². The Kier molecular flexibility index (Phi) is 3.43. The number of aliphatic imine (C=N–C) groups is 1. The van der Waals surface area contributed by atoms with Gasteiger partial charge in [0.1, 0.15) is 0 Å². The Morgan fingerprint density at radius 3 is 2.00 bits per heavy atom. The van der Waals surface area contributed by atoms with Gasteiger partial charge in [-0.3, -0.25) is 9.79 Å². The Labute approximate surface area is 68.7 Å². The van der Waals surface area contributed by atoms with Crippen LogP contribution in [0.2, 0.25) is 0 Å². The molecule has 0 fully saturated rings. The zero-order valence-corrected chi connectivity index (χ0v) is 8.06. The summed E-state index contributed by atoms with van der Waals surface area (Å²) in [5, 5.41) is 0. The summed E-state index contributed by atoms with van der Waals surface area (Å²) in [6.45, 7) is 9.86. The number of Topliss-reactive ketones (excluding diaryl/α,β-unsaturated/α-hetero) is 1. The van der Waals surface area contributed by atoms with Gasteiger partial charge in [0.15, 0.2) is 5.78 Å². The molecule has 0 amide bonds. The largest absolute Gasteiger partial charge is 0.297 e. The van der Waals surface area contributed by atoms with Gasteiger partial charge in [-0.25, -0.2) is 0 Å². The molecule has 0 saturated carbocycles. The summed E-state index contributed by atoms with van der Waals surface area (Å²) < 4.78 is 0.